The van der Waals surface area contributed by atoms with E-state index in [-0.39, 0.29) is 0 Å². The monoisotopic (exact) mass is 242 g/mol. The first-order valence-corrected chi connectivity index (χ1v) is 7.35. The normalized spacial score (nSPS) is 38.3. The van der Waals surface area contributed by atoms with Gasteiger partial charge in [0.15, 0.2) is 0 Å². The molecule has 96 valence electrons. The van der Waals surface area contributed by atoms with Gasteiger partial charge in [0.2, 0.25) is 0 Å². The minimum Gasteiger partial charge on any atom is -0.316 e. The molecule has 1 aromatic carbocycles. The van der Waals surface area contributed by atoms with Gasteiger partial charge in [0, 0.05) is 25.0 Å². The summed E-state index contributed by atoms with van der Waals surface area (Å²) in [6.45, 7) is 7.52. The van der Waals surface area contributed by atoms with Gasteiger partial charge in [-0.05, 0) is 49.4 Å². The van der Waals surface area contributed by atoms with Crippen LogP contribution in [0.1, 0.15) is 24.0 Å². The van der Waals surface area contributed by atoms with Crippen molar-refractivity contribution in [1.29, 1.82) is 0 Å². The molecule has 0 aromatic heterocycles. The average molecular weight is 242 g/mol. The SMILES string of the molecule is CC1C2CNCC2CN1CC1Cc2ccccc21. The molecule has 1 aliphatic carbocycles. The van der Waals surface area contributed by atoms with E-state index in [4.69, 9.17) is 0 Å². The summed E-state index contributed by atoms with van der Waals surface area (Å²) in [6, 6.07) is 9.75. The second-order valence-corrected chi connectivity index (χ2v) is 6.38. The number of fused-ring (bicyclic) bond motifs is 2. The largest absolute Gasteiger partial charge is 0.316 e. The Kier molecular flexibility index (Phi) is 2.49. The molecule has 0 spiro atoms. The lowest BCUT2D eigenvalue weighted by Crippen LogP contribution is -2.38. The van der Waals surface area contributed by atoms with E-state index in [2.05, 4.69) is 41.4 Å². The number of likely N-dealkylation sites (tertiary alicyclic amines) is 1. The summed E-state index contributed by atoms with van der Waals surface area (Å²) in [5.41, 5.74) is 3.19. The maximum absolute atomic E-state index is 3.55. The van der Waals surface area contributed by atoms with Crippen molar-refractivity contribution >= 4 is 0 Å². The Morgan fingerprint density at radius 3 is 3.00 bits per heavy atom. The van der Waals surface area contributed by atoms with Gasteiger partial charge < -0.3 is 5.32 Å². The van der Waals surface area contributed by atoms with Crippen molar-refractivity contribution in [1.82, 2.24) is 10.2 Å². The summed E-state index contributed by atoms with van der Waals surface area (Å²) in [5, 5.41) is 3.55. The Hall–Kier alpha value is -0.860. The maximum Gasteiger partial charge on any atom is 0.0111 e. The quantitative estimate of drug-likeness (QED) is 0.851. The number of hydrogen-bond acceptors (Lipinski definition) is 2. The first-order valence-electron chi connectivity index (χ1n) is 7.35. The molecule has 2 heterocycles. The summed E-state index contributed by atoms with van der Waals surface area (Å²) in [5.74, 6) is 2.62. The number of benzene rings is 1. The highest BCUT2D eigenvalue weighted by molar-refractivity contribution is 5.40. The van der Waals surface area contributed by atoms with Crippen LogP contribution in [0.25, 0.3) is 0 Å². The molecule has 2 aliphatic heterocycles. The summed E-state index contributed by atoms with van der Waals surface area (Å²) in [6.07, 6.45) is 1.30. The second-order valence-electron chi connectivity index (χ2n) is 6.38. The summed E-state index contributed by atoms with van der Waals surface area (Å²) < 4.78 is 0. The molecule has 2 saturated heterocycles. The first-order chi connectivity index (χ1) is 8.83. The topological polar surface area (TPSA) is 15.3 Å². The fraction of sp³-hybridized carbons (Fsp3) is 0.625. The number of nitrogens with zero attached hydrogens (tertiary/aromatic N) is 1. The van der Waals surface area contributed by atoms with E-state index in [0.717, 1.165) is 23.8 Å². The van der Waals surface area contributed by atoms with Gasteiger partial charge in [-0.25, -0.2) is 0 Å². The Balaban J connectivity index is 1.45. The Labute approximate surface area is 109 Å². The highest BCUT2D eigenvalue weighted by atomic mass is 15.2. The molecule has 0 saturated carbocycles. The van der Waals surface area contributed by atoms with Crippen LogP contribution in [0.2, 0.25) is 0 Å². The predicted molar refractivity (Wildman–Crippen MR) is 73.8 cm³/mol. The van der Waals surface area contributed by atoms with E-state index in [0.29, 0.717) is 0 Å². The molecule has 18 heavy (non-hydrogen) atoms. The average Bonchev–Trinajstić information content (AvgIpc) is 2.91. The van der Waals surface area contributed by atoms with Crippen molar-refractivity contribution in [2.24, 2.45) is 11.8 Å². The third-order valence-electron chi connectivity index (χ3n) is 5.47. The van der Waals surface area contributed by atoms with Crippen LogP contribution < -0.4 is 5.32 Å². The Morgan fingerprint density at radius 2 is 2.17 bits per heavy atom. The lowest BCUT2D eigenvalue weighted by atomic mass is 9.77. The molecule has 4 unspecified atom stereocenters. The van der Waals surface area contributed by atoms with Crippen LogP contribution in [0.15, 0.2) is 24.3 Å². The van der Waals surface area contributed by atoms with Crippen LogP contribution in [0.4, 0.5) is 0 Å². The number of hydrogen-bond donors (Lipinski definition) is 1. The number of rotatable bonds is 2. The number of nitrogens with one attached hydrogen (secondary N) is 1. The molecule has 2 nitrogen and oxygen atoms in total. The molecular formula is C16H22N2. The van der Waals surface area contributed by atoms with Gasteiger partial charge in [-0.15, -0.1) is 0 Å². The zero-order chi connectivity index (χ0) is 12.1. The minimum atomic E-state index is 0.776. The van der Waals surface area contributed by atoms with Crippen molar-refractivity contribution in [2.45, 2.75) is 25.3 Å². The Morgan fingerprint density at radius 1 is 1.28 bits per heavy atom. The van der Waals surface area contributed by atoms with Crippen LogP contribution in [-0.4, -0.2) is 37.1 Å². The van der Waals surface area contributed by atoms with Crippen molar-refractivity contribution in [2.75, 3.05) is 26.2 Å². The van der Waals surface area contributed by atoms with Gasteiger partial charge >= 0.3 is 0 Å². The third kappa shape index (κ3) is 1.55. The van der Waals surface area contributed by atoms with Crippen molar-refractivity contribution in [3.63, 3.8) is 0 Å². The molecular weight excluding hydrogens is 220 g/mol. The molecule has 0 bridgehead atoms. The minimum absolute atomic E-state index is 0.776. The van der Waals surface area contributed by atoms with Crippen LogP contribution >= 0.6 is 0 Å². The highest BCUT2D eigenvalue weighted by Crippen LogP contribution is 2.39. The zero-order valence-corrected chi connectivity index (χ0v) is 11.1. The lowest BCUT2D eigenvalue weighted by Gasteiger charge is -2.35. The predicted octanol–water partition coefficient (Wildman–Crippen LogP) is 1.87. The van der Waals surface area contributed by atoms with Gasteiger partial charge in [0.1, 0.15) is 0 Å². The molecule has 2 heteroatoms. The van der Waals surface area contributed by atoms with E-state index in [9.17, 15) is 0 Å². The molecule has 0 radical (unpaired) electrons. The molecule has 1 N–H and O–H groups in total. The lowest BCUT2D eigenvalue weighted by molar-refractivity contribution is 0.218. The van der Waals surface area contributed by atoms with E-state index in [1.807, 2.05) is 0 Å². The highest BCUT2D eigenvalue weighted by Gasteiger charge is 2.42. The maximum atomic E-state index is 3.55. The van der Waals surface area contributed by atoms with E-state index < -0.39 is 0 Å². The van der Waals surface area contributed by atoms with Crippen LogP contribution in [0.3, 0.4) is 0 Å². The molecule has 4 atom stereocenters. The van der Waals surface area contributed by atoms with Crippen LogP contribution in [-0.2, 0) is 6.42 Å². The van der Waals surface area contributed by atoms with E-state index >= 15 is 0 Å². The third-order valence-corrected chi connectivity index (χ3v) is 5.47. The van der Waals surface area contributed by atoms with Crippen LogP contribution in [0, 0.1) is 11.8 Å². The molecule has 1 aromatic rings. The Bertz CT molecular complexity index is 456. The van der Waals surface area contributed by atoms with Gasteiger partial charge in [-0.2, -0.15) is 0 Å². The fourth-order valence-electron chi connectivity index (χ4n) is 4.31. The van der Waals surface area contributed by atoms with Gasteiger partial charge in [0.25, 0.3) is 0 Å². The molecule has 4 rings (SSSR count). The first kappa shape index (κ1) is 11.0. The zero-order valence-electron chi connectivity index (χ0n) is 11.1. The summed E-state index contributed by atoms with van der Waals surface area (Å²) >= 11 is 0. The molecule has 3 aliphatic rings. The van der Waals surface area contributed by atoms with E-state index in [1.54, 1.807) is 11.1 Å². The van der Waals surface area contributed by atoms with E-state index in [1.165, 1.54) is 32.6 Å². The summed E-state index contributed by atoms with van der Waals surface area (Å²) in [4.78, 5) is 2.75. The van der Waals surface area contributed by atoms with Gasteiger partial charge in [0.05, 0.1) is 0 Å². The second kappa shape index (κ2) is 4.07. The molecule has 2 fully saturated rings. The van der Waals surface area contributed by atoms with Gasteiger partial charge in [-0.1, -0.05) is 24.3 Å². The standard InChI is InChI=1S/C16H22N2/c1-11-16-8-17-7-14(16)10-18(11)9-13-6-12-4-2-3-5-15(12)13/h2-5,11,13-14,16-17H,6-10H2,1H3. The summed E-state index contributed by atoms with van der Waals surface area (Å²) in [7, 11) is 0. The van der Waals surface area contributed by atoms with Crippen molar-refractivity contribution < 1.29 is 0 Å². The van der Waals surface area contributed by atoms with Crippen molar-refractivity contribution in [3.8, 4) is 0 Å². The molecule has 0 amide bonds. The fourth-order valence-corrected chi connectivity index (χ4v) is 4.31. The van der Waals surface area contributed by atoms with Crippen LogP contribution in [0.5, 0.6) is 0 Å². The smallest absolute Gasteiger partial charge is 0.0111 e. The van der Waals surface area contributed by atoms with Crippen molar-refractivity contribution in [3.05, 3.63) is 35.4 Å². The van der Waals surface area contributed by atoms with Gasteiger partial charge in [-0.3, -0.25) is 4.90 Å².